The number of carboxylic acid groups (broad SMARTS) is 1. The maximum absolute atomic E-state index is 10.7. The van der Waals surface area contributed by atoms with Crippen molar-refractivity contribution in [2.75, 3.05) is 0 Å². The smallest absolute Gasteiger partial charge is 0.340 e. The molecular formula is C9H13BrN2O2. The van der Waals surface area contributed by atoms with Gasteiger partial charge in [-0.05, 0) is 21.3 Å². The van der Waals surface area contributed by atoms with Gasteiger partial charge in [0, 0.05) is 6.54 Å². The predicted molar refractivity (Wildman–Crippen MR) is 56.3 cm³/mol. The zero-order valence-electron chi connectivity index (χ0n) is 8.41. The van der Waals surface area contributed by atoms with Crippen molar-refractivity contribution in [1.29, 1.82) is 0 Å². The van der Waals surface area contributed by atoms with Gasteiger partial charge in [0.25, 0.3) is 0 Å². The van der Waals surface area contributed by atoms with Gasteiger partial charge in [0.15, 0.2) is 0 Å². The summed E-state index contributed by atoms with van der Waals surface area (Å²) in [7, 11) is 0. The van der Waals surface area contributed by atoms with Crippen LogP contribution in [0.3, 0.4) is 0 Å². The van der Waals surface area contributed by atoms with Gasteiger partial charge >= 0.3 is 5.97 Å². The van der Waals surface area contributed by atoms with Crippen LogP contribution in [0.25, 0.3) is 0 Å². The molecule has 0 aliphatic rings. The van der Waals surface area contributed by atoms with Gasteiger partial charge in [-0.3, -0.25) is 4.68 Å². The molecule has 0 aliphatic carbocycles. The van der Waals surface area contributed by atoms with Crippen LogP contribution in [0.5, 0.6) is 0 Å². The molecule has 5 heteroatoms. The second-order valence-corrected chi connectivity index (χ2v) is 5.12. The summed E-state index contributed by atoms with van der Waals surface area (Å²) >= 11 is 3.22. The first-order valence-corrected chi connectivity index (χ1v) is 5.05. The molecule has 4 nitrogen and oxygen atoms in total. The van der Waals surface area contributed by atoms with Crippen LogP contribution in [-0.2, 0) is 6.54 Å². The quantitative estimate of drug-likeness (QED) is 0.889. The van der Waals surface area contributed by atoms with Crippen molar-refractivity contribution in [1.82, 2.24) is 9.78 Å². The molecule has 0 saturated carbocycles. The molecule has 0 saturated heterocycles. The van der Waals surface area contributed by atoms with Crippen LogP contribution in [0, 0.1) is 5.41 Å². The average Bonchev–Trinajstić information content (AvgIpc) is 2.29. The third-order valence-corrected chi connectivity index (χ3v) is 2.47. The van der Waals surface area contributed by atoms with E-state index in [2.05, 4.69) is 41.8 Å². The Morgan fingerprint density at radius 3 is 2.57 bits per heavy atom. The van der Waals surface area contributed by atoms with Gasteiger partial charge in [-0.2, -0.15) is 5.10 Å². The van der Waals surface area contributed by atoms with Gasteiger partial charge in [-0.25, -0.2) is 4.79 Å². The van der Waals surface area contributed by atoms with Crippen LogP contribution in [-0.4, -0.2) is 20.9 Å². The molecule has 0 unspecified atom stereocenters. The second-order valence-electron chi connectivity index (χ2n) is 4.37. The molecule has 0 amide bonds. The molecule has 0 atom stereocenters. The molecule has 0 spiro atoms. The minimum Gasteiger partial charge on any atom is -0.478 e. The molecule has 0 aromatic carbocycles. The maximum atomic E-state index is 10.7. The van der Waals surface area contributed by atoms with E-state index in [4.69, 9.17) is 5.11 Å². The van der Waals surface area contributed by atoms with Gasteiger partial charge in [0.1, 0.15) is 10.2 Å². The van der Waals surface area contributed by atoms with Crippen molar-refractivity contribution in [2.24, 2.45) is 5.41 Å². The van der Waals surface area contributed by atoms with E-state index in [1.54, 1.807) is 4.68 Å². The van der Waals surface area contributed by atoms with Crippen LogP contribution in [0.2, 0.25) is 0 Å². The summed E-state index contributed by atoms with van der Waals surface area (Å²) in [5, 5.41) is 12.8. The number of hydrogen-bond donors (Lipinski definition) is 1. The van der Waals surface area contributed by atoms with Gasteiger partial charge < -0.3 is 5.11 Å². The Hall–Kier alpha value is -0.840. The summed E-state index contributed by atoms with van der Waals surface area (Å²) in [5.74, 6) is -0.961. The van der Waals surface area contributed by atoms with Crippen molar-refractivity contribution < 1.29 is 9.90 Å². The Morgan fingerprint density at radius 1 is 1.64 bits per heavy atom. The average molecular weight is 261 g/mol. The zero-order chi connectivity index (χ0) is 10.9. The maximum Gasteiger partial charge on any atom is 0.340 e. The number of halogens is 1. The first-order valence-electron chi connectivity index (χ1n) is 4.26. The number of nitrogens with zero attached hydrogens (tertiary/aromatic N) is 2. The number of rotatable bonds is 2. The Kier molecular flexibility index (Phi) is 2.99. The molecule has 0 bridgehead atoms. The monoisotopic (exact) mass is 260 g/mol. The molecule has 0 fully saturated rings. The lowest BCUT2D eigenvalue weighted by Crippen LogP contribution is -2.16. The van der Waals surface area contributed by atoms with E-state index in [0.29, 0.717) is 11.1 Å². The van der Waals surface area contributed by atoms with Crippen molar-refractivity contribution in [3.05, 3.63) is 16.4 Å². The van der Waals surface area contributed by atoms with E-state index in [-0.39, 0.29) is 11.0 Å². The highest BCUT2D eigenvalue weighted by Gasteiger charge is 2.18. The summed E-state index contributed by atoms with van der Waals surface area (Å²) < 4.78 is 2.18. The minimum atomic E-state index is -0.961. The largest absolute Gasteiger partial charge is 0.478 e. The Morgan fingerprint density at radius 2 is 2.21 bits per heavy atom. The third kappa shape index (κ3) is 2.57. The molecule has 14 heavy (non-hydrogen) atoms. The van der Waals surface area contributed by atoms with Crippen molar-refractivity contribution >= 4 is 21.9 Å². The molecule has 1 N–H and O–H groups in total. The van der Waals surface area contributed by atoms with Crippen molar-refractivity contribution in [2.45, 2.75) is 27.3 Å². The SMILES string of the molecule is CC(C)(C)Cn1ncc(C(=O)O)c1Br. The molecule has 78 valence electrons. The van der Waals surface area contributed by atoms with Gasteiger partial charge in [-0.15, -0.1) is 0 Å². The van der Waals surface area contributed by atoms with E-state index in [9.17, 15) is 4.79 Å². The van der Waals surface area contributed by atoms with E-state index >= 15 is 0 Å². The highest BCUT2D eigenvalue weighted by molar-refractivity contribution is 9.10. The molecule has 0 aliphatic heterocycles. The lowest BCUT2D eigenvalue weighted by Gasteiger charge is -2.18. The van der Waals surface area contributed by atoms with Gasteiger partial charge in [0.05, 0.1) is 6.20 Å². The van der Waals surface area contributed by atoms with Crippen LogP contribution >= 0.6 is 15.9 Å². The van der Waals surface area contributed by atoms with E-state index < -0.39 is 5.97 Å². The number of aromatic carboxylic acids is 1. The topological polar surface area (TPSA) is 55.1 Å². The summed E-state index contributed by atoms with van der Waals surface area (Å²) in [6.07, 6.45) is 1.36. The number of aromatic nitrogens is 2. The Labute approximate surface area is 91.1 Å². The molecule has 1 heterocycles. The van der Waals surface area contributed by atoms with E-state index in [1.165, 1.54) is 6.20 Å². The van der Waals surface area contributed by atoms with Crippen molar-refractivity contribution in [3.8, 4) is 0 Å². The molecule has 1 rings (SSSR count). The standard InChI is InChI=1S/C9H13BrN2O2/c1-9(2,3)5-12-7(10)6(4-11-12)8(13)14/h4H,5H2,1-3H3,(H,13,14). The summed E-state index contributed by atoms with van der Waals surface area (Å²) in [6, 6.07) is 0. The molecule has 1 aromatic rings. The second kappa shape index (κ2) is 3.73. The first kappa shape index (κ1) is 11.2. The first-order chi connectivity index (χ1) is 6.31. The van der Waals surface area contributed by atoms with Crippen LogP contribution < -0.4 is 0 Å². The molecule has 0 radical (unpaired) electrons. The van der Waals surface area contributed by atoms with E-state index in [1.807, 2.05) is 0 Å². The fraction of sp³-hybridized carbons (Fsp3) is 0.556. The lowest BCUT2D eigenvalue weighted by atomic mass is 9.97. The highest BCUT2D eigenvalue weighted by atomic mass is 79.9. The molecule has 1 aromatic heterocycles. The Bertz CT molecular complexity index is 352. The predicted octanol–water partition coefficient (Wildman–Crippen LogP) is 2.39. The summed E-state index contributed by atoms with van der Waals surface area (Å²) in [5.41, 5.74) is 0.277. The minimum absolute atomic E-state index is 0.0737. The van der Waals surface area contributed by atoms with E-state index in [0.717, 1.165) is 0 Å². The van der Waals surface area contributed by atoms with Gasteiger partial charge in [0.2, 0.25) is 0 Å². The van der Waals surface area contributed by atoms with Crippen LogP contribution in [0.1, 0.15) is 31.1 Å². The normalized spacial score (nSPS) is 11.7. The lowest BCUT2D eigenvalue weighted by molar-refractivity contribution is 0.0695. The molecular weight excluding hydrogens is 248 g/mol. The third-order valence-electron chi connectivity index (χ3n) is 1.63. The number of hydrogen-bond acceptors (Lipinski definition) is 2. The number of carboxylic acids is 1. The zero-order valence-corrected chi connectivity index (χ0v) is 10.00. The summed E-state index contributed by atoms with van der Waals surface area (Å²) in [4.78, 5) is 10.7. The van der Waals surface area contributed by atoms with Gasteiger partial charge in [-0.1, -0.05) is 20.8 Å². The van der Waals surface area contributed by atoms with Crippen molar-refractivity contribution in [3.63, 3.8) is 0 Å². The van der Waals surface area contributed by atoms with Crippen LogP contribution in [0.4, 0.5) is 0 Å². The highest BCUT2D eigenvalue weighted by Crippen LogP contribution is 2.22. The Balaban J connectivity index is 2.96. The van der Waals surface area contributed by atoms with Crippen LogP contribution in [0.15, 0.2) is 10.8 Å². The fourth-order valence-electron chi connectivity index (χ4n) is 1.07. The number of carbonyl (C=O) groups is 1. The summed E-state index contributed by atoms with van der Waals surface area (Å²) in [6.45, 7) is 6.89. The fourth-order valence-corrected chi connectivity index (χ4v) is 1.56.